The average Bonchev–Trinajstić information content (AvgIpc) is 2.60. The van der Waals surface area contributed by atoms with Gasteiger partial charge in [0, 0.05) is 12.4 Å². The van der Waals surface area contributed by atoms with Gasteiger partial charge < -0.3 is 0 Å². The van der Waals surface area contributed by atoms with E-state index >= 15 is 0 Å². The molecule has 24 heavy (non-hydrogen) atoms. The Morgan fingerprint density at radius 3 is 1.42 bits per heavy atom. The third-order valence-electron chi connectivity index (χ3n) is 3.34. The summed E-state index contributed by atoms with van der Waals surface area (Å²) in [5.74, 6) is 0. The van der Waals surface area contributed by atoms with E-state index in [1.165, 1.54) is 11.1 Å². The van der Waals surface area contributed by atoms with Crippen LogP contribution in [0.1, 0.15) is 25.0 Å². The maximum atomic E-state index is 4.42. The summed E-state index contributed by atoms with van der Waals surface area (Å²) in [6.07, 6.45) is 8.07. The van der Waals surface area contributed by atoms with Gasteiger partial charge in [0.05, 0.1) is 13.1 Å². The normalized spacial score (nSPS) is 13.1. The van der Waals surface area contributed by atoms with Crippen molar-refractivity contribution in [2.24, 2.45) is 9.98 Å². The summed E-state index contributed by atoms with van der Waals surface area (Å²) < 4.78 is 0. The van der Waals surface area contributed by atoms with E-state index in [1.807, 2.05) is 48.8 Å². The second-order valence-electron chi connectivity index (χ2n) is 5.67. The fraction of sp³-hybridized carbons (Fsp3) is 0.182. The zero-order valence-corrected chi connectivity index (χ0v) is 14.4. The maximum Gasteiger partial charge on any atom is 0.0585 e. The molecule has 0 aliphatic carbocycles. The quantitative estimate of drug-likeness (QED) is 0.487. The number of allylic oxidation sites excluding steroid dienone is 2. The van der Waals surface area contributed by atoms with Crippen LogP contribution in [-0.4, -0.2) is 25.5 Å². The third-order valence-corrected chi connectivity index (χ3v) is 3.34. The number of aliphatic imine (C=N–C) groups is 2. The number of rotatable bonds is 7. The van der Waals surface area contributed by atoms with Crippen LogP contribution in [0.3, 0.4) is 0 Å². The Bertz CT molecular complexity index is 658. The van der Waals surface area contributed by atoms with E-state index in [2.05, 4.69) is 60.2 Å². The molecule has 2 heteroatoms. The first-order chi connectivity index (χ1) is 11.7. The summed E-state index contributed by atoms with van der Waals surface area (Å²) in [5, 5.41) is 0. The molecule has 2 aromatic rings. The summed E-state index contributed by atoms with van der Waals surface area (Å²) in [6, 6.07) is 20.5. The Morgan fingerprint density at radius 2 is 1.04 bits per heavy atom. The van der Waals surface area contributed by atoms with Crippen molar-refractivity contribution in [3.8, 4) is 0 Å². The Labute approximate surface area is 145 Å². The molecular formula is C22H24N2. The minimum atomic E-state index is 0.703. The van der Waals surface area contributed by atoms with E-state index in [1.54, 1.807) is 0 Å². The summed E-state index contributed by atoms with van der Waals surface area (Å²) in [6.45, 7) is 5.53. The first-order valence-electron chi connectivity index (χ1n) is 8.20. The van der Waals surface area contributed by atoms with Gasteiger partial charge in [-0.2, -0.15) is 0 Å². The largest absolute Gasteiger partial charge is 0.291 e. The van der Waals surface area contributed by atoms with Crippen molar-refractivity contribution in [1.82, 2.24) is 0 Å². The summed E-state index contributed by atoms with van der Waals surface area (Å²) in [5.41, 5.74) is 4.68. The molecule has 0 N–H and O–H groups in total. The van der Waals surface area contributed by atoms with Crippen molar-refractivity contribution in [2.75, 3.05) is 13.1 Å². The Kier molecular flexibility index (Phi) is 7.42. The van der Waals surface area contributed by atoms with Gasteiger partial charge in [-0.3, -0.25) is 9.98 Å². The molecule has 122 valence electrons. The van der Waals surface area contributed by atoms with Crippen molar-refractivity contribution in [2.45, 2.75) is 13.8 Å². The molecule has 0 saturated heterocycles. The molecule has 0 heterocycles. The van der Waals surface area contributed by atoms with Crippen molar-refractivity contribution in [1.29, 1.82) is 0 Å². The van der Waals surface area contributed by atoms with E-state index in [0.29, 0.717) is 13.1 Å². The van der Waals surface area contributed by atoms with E-state index in [9.17, 15) is 0 Å². The predicted octanol–water partition coefficient (Wildman–Crippen LogP) is 5.34. The minimum Gasteiger partial charge on any atom is -0.291 e. The topological polar surface area (TPSA) is 24.7 Å². The molecule has 0 aliphatic rings. The highest BCUT2D eigenvalue weighted by atomic mass is 14.8. The van der Waals surface area contributed by atoms with E-state index in [-0.39, 0.29) is 0 Å². The number of hydrogen-bond donors (Lipinski definition) is 0. The summed E-state index contributed by atoms with van der Waals surface area (Å²) in [7, 11) is 0. The first-order valence-corrected chi connectivity index (χ1v) is 8.20. The Morgan fingerprint density at radius 1 is 0.667 bits per heavy atom. The van der Waals surface area contributed by atoms with Crippen molar-refractivity contribution >= 4 is 24.6 Å². The van der Waals surface area contributed by atoms with E-state index in [4.69, 9.17) is 0 Å². The third kappa shape index (κ3) is 7.01. The lowest BCUT2D eigenvalue weighted by molar-refractivity contribution is 0.984. The zero-order valence-electron chi connectivity index (χ0n) is 14.4. The van der Waals surface area contributed by atoms with Gasteiger partial charge in [0.2, 0.25) is 0 Å². The molecule has 0 radical (unpaired) electrons. The second-order valence-corrected chi connectivity index (χ2v) is 5.67. The number of nitrogens with zero attached hydrogens (tertiary/aromatic N) is 2. The highest BCUT2D eigenvalue weighted by Crippen LogP contribution is 2.05. The predicted molar refractivity (Wildman–Crippen MR) is 107 cm³/mol. The molecule has 0 amide bonds. The highest BCUT2D eigenvalue weighted by Gasteiger charge is 1.88. The lowest BCUT2D eigenvalue weighted by atomic mass is 10.1. The molecule has 0 bridgehead atoms. The average molecular weight is 316 g/mol. The summed E-state index contributed by atoms with van der Waals surface area (Å²) >= 11 is 0. The Hall–Kier alpha value is -2.74. The molecule has 0 saturated carbocycles. The van der Waals surface area contributed by atoms with Crippen LogP contribution < -0.4 is 0 Å². The van der Waals surface area contributed by atoms with Crippen LogP contribution in [0.5, 0.6) is 0 Å². The van der Waals surface area contributed by atoms with Crippen LogP contribution in [0.15, 0.2) is 81.8 Å². The number of hydrogen-bond acceptors (Lipinski definition) is 2. The molecule has 2 aromatic carbocycles. The van der Waals surface area contributed by atoms with Crippen molar-refractivity contribution in [3.05, 3.63) is 82.9 Å². The van der Waals surface area contributed by atoms with Crippen molar-refractivity contribution in [3.63, 3.8) is 0 Å². The lowest BCUT2D eigenvalue weighted by Crippen LogP contribution is -1.90. The van der Waals surface area contributed by atoms with Gasteiger partial charge in [-0.1, -0.05) is 72.8 Å². The van der Waals surface area contributed by atoms with Gasteiger partial charge >= 0.3 is 0 Å². The molecule has 0 atom stereocenters. The van der Waals surface area contributed by atoms with Gasteiger partial charge in [0.1, 0.15) is 0 Å². The van der Waals surface area contributed by atoms with Crippen LogP contribution >= 0.6 is 0 Å². The molecule has 2 nitrogen and oxygen atoms in total. The minimum absolute atomic E-state index is 0.703. The fourth-order valence-corrected chi connectivity index (χ4v) is 2.23. The standard InChI is InChI=1S/C22H24N2/c1-19(15-21-9-5-3-6-10-21)17-23-13-14-24-18-20(2)16-22-11-7-4-8-12-22/h3-12,15-18H,13-14H2,1-2H3/b19-15+,20-16+,23-17?,24-18?. The van der Waals surface area contributed by atoms with Crippen LogP contribution in [0, 0.1) is 0 Å². The smallest absolute Gasteiger partial charge is 0.0585 e. The molecule has 0 unspecified atom stereocenters. The van der Waals surface area contributed by atoms with Crippen LogP contribution in [0.25, 0.3) is 12.2 Å². The second kappa shape index (κ2) is 10.1. The van der Waals surface area contributed by atoms with E-state index in [0.717, 1.165) is 11.1 Å². The van der Waals surface area contributed by atoms with Gasteiger partial charge in [0.15, 0.2) is 0 Å². The van der Waals surface area contributed by atoms with Crippen LogP contribution in [0.4, 0.5) is 0 Å². The lowest BCUT2D eigenvalue weighted by Gasteiger charge is -1.95. The van der Waals surface area contributed by atoms with Crippen molar-refractivity contribution < 1.29 is 0 Å². The number of benzene rings is 2. The van der Waals surface area contributed by atoms with Gasteiger partial charge in [-0.25, -0.2) is 0 Å². The monoisotopic (exact) mass is 316 g/mol. The molecule has 2 rings (SSSR count). The van der Waals surface area contributed by atoms with Crippen LogP contribution in [0.2, 0.25) is 0 Å². The summed E-state index contributed by atoms with van der Waals surface area (Å²) in [4.78, 5) is 8.84. The first kappa shape index (κ1) is 17.6. The zero-order chi connectivity index (χ0) is 17.0. The van der Waals surface area contributed by atoms with Gasteiger partial charge in [0.25, 0.3) is 0 Å². The molecule has 0 fully saturated rings. The highest BCUT2D eigenvalue weighted by molar-refractivity contribution is 5.85. The van der Waals surface area contributed by atoms with Gasteiger partial charge in [-0.15, -0.1) is 0 Å². The Balaban J connectivity index is 1.76. The van der Waals surface area contributed by atoms with Gasteiger partial charge in [-0.05, 0) is 36.1 Å². The van der Waals surface area contributed by atoms with E-state index < -0.39 is 0 Å². The SMILES string of the molecule is C/C(C=NCCN=C/C(C)=C/c1ccccc1)=C\c1ccccc1. The molecular weight excluding hydrogens is 292 g/mol. The molecule has 0 aliphatic heterocycles. The molecule has 0 aromatic heterocycles. The maximum absolute atomic E-state index is 4.42. The molecule has 0 spiro atoms. The fourth-order valence-electron chi connectivity index (χ4n) is 2.23. The van der Waals surface area contributed by atoms with Crippen LogP contribution in [-0.2, 0) is 0 Å².